The van der Waals surface area contributed by atoms with Gasteiger partial charge >= 0.3 is 0 Å². The lowest BCUT2D eigenvalue weighted by molar-refractivity contribution is 0.202. The van der Waals surface area contributed by atoms with Gasteiger partial charge in [-0.1, -0.05) is 25.4 Å². The first-order valence-corrected chi connectivity index (χ1v) is 10.6. The summed E-state index contributed by atoms with van der Waals surface area (Å²) >= 11 is 5.85. The maximum absolute atomic E-state index is 10.2. The number of fused-ring (bicyclic) bond motifs is 1. The van der Waals surface area contributed by atoms with Gasteiger partial charge in [-0.2, -0.15) is 10.1 Å². The van der Waals surface area contributed by atoms with E-state index in [1.807, 2.05) is 18.4 Å². The van der Waals surface area contributed by atoms with Crippen LogP contribution in [0.3, 0.4) is 0 Å². The van der Waals surface area contributed by atoms with Crippen LogP contribution in [0.15, 0.2) is 17.1 Å². The van der Waals surface area contributed by atoms with Crippen molar-refractivity contribution < 1.29 is 15.3 Å². The average Bonchev–Trinajstić information content (AvgIpc) is 3.12. The van der Waals surface area contributed by atoms with Crippen LogP contribution in [0.5, 0.6) is 11.5 Å². The molecule has 0 amide bonds. The lowest BCUT2D eigenvalue weighted by Gasteiger charge is -2.17. The molecule has 31 heavy (non-hydrogen) atoms. The monoisotopic (exact) mass is 448 g/mol. The molecule has 168 valence electrons. The predicted octanol–water partition coefficient (Wildman–Crippen LogP) is 3.42. The SMILES string of the molecule is CC(O)CN=c1nc(NCc2cc(O)c(Cl)cc2O)c2n[nH]c(C(C)C)c2n1C(C)C. The van der Waals surface area contributed by atoms with Gasteiger partial charge < -0.3 is 25.2 Å². The summed E-state index contributed by atoms with van der Waals surface area (Å²) in [6.45, 7) is 10.3. The normalized spacial score (nSPS) is 13.5. The van der Waals surface area contributed by atoms with E-state index in [4.69, 9.17) is 11.6 Å². The molecule has 0 saturated carbocycles. The molecule has 0 radical (unpaired) electrons. The summed E-state index contributed by atoms with van der Waals surface area (Å²) in [6.07, 6.45) is -0.600. The molecule has 2 heterocycles. The molecule has 10 heteroatoms. The number of aromatic hydroxyl groups is 2. The minimum Gasteiger partial charge on any atom is -0.508 e. The summed E-state index contributed by atoms with van der Waals surface area (Å²) in [5, 5.41) is 40.7. The number of aliphatic hydroxyl groups excluding tert-OH is 1. The second kappa shape index (κ2) is 9.15. The zero-order chi connectivity index (χ0) is 22.9. The molecule has 0 fully saturated rings. The average molecular weight is 449 g/mol. The summed E-state index contributed by atoms with van der Waals surface area (Å²) < 4.78 is 2.01. The number of nitrogens with one attached hydrogen (secondary N) is 2. The zero-order valence-electron chi connectivity index (χ0n) is 18.3. The number of nitrogens with zero attached hydrogens (tertiary/aromatic N) is 4. The molecule has 3 aromatic rings. The Morgan fingerprint density at radius 2 is 1.87 bits per heavy atom. The highest BCUT2D eigenvalue weighted by Gasteiger charge is 2.20. The van der Waals surface area contributed by atoms with Crippen LogP contribution >= 0.6 is 11.6 Å². The summed E-state index contributed by atoms with van der Waals surface area (Å²) in [5.41, 5.74) is 3.41. The highest BCUT2D eigenvalue weighted by molar-refractivity contribution is 6.32. The molecule has 5 N–H and O–H groups in total. The summed E-state index contributed by atoms with van der Waals surface area (Å²) in [4.78, 5) is 9.20. The van der Waals surface area contributed by atoms with Crippen LogP contribution in [0.4, 0.5) is 5.82 Å². The number of phenolic OH excluding ortho intramolecular Hbond substituents is 2. The molecule has 0 aliphatic heterocycles. The van der Waals surface area contributed by atoms with Crippen molar-refractivity contribution in [2.24, 2.45) is 4.99 Å². The van der Waals surface area contributed by atoms with Crippen molar-refractivity contribution in [1.82, 2.24) is 19.7 Å². The molecular formula is C21H29ClN6O3. The van der Waals surface area contributed by atoms with Crippen molar-refractivity contribution in [2.75, 3.05) is 11.9 Å². The molecule has 0 aliphatic carbocycles. The number of aliphatic hydroxyl groups is 1. The van der Waals surface area contributed by atoms with E-state index in [1.54, 1.807) is 6.92 Å². The molecule has 9 nitrogen and oxygen atoms in total. The Labute approximate surface area is 185 Å². The van der Waals surface area contributed by atoms with Crippen LogP contribution in [0, 0.1) is 0 Å². The van der Waals surface area contributed by atoms with E-state index in [9.17, 15) is 15.3 Å². The van der Waals surface area contributed by atoms with Crippen LogP contribution in [-0.2, 0) is 6.54 Å². The van der Waals surface area contributed by atoms with Gasteiger partial charge in [-0.15, -0.1) is 0 Å². The van der Waals surface area contributed by atoms with Crippen LogP contribution in [-0.4, -0.2) is 47.7 Å². The van der Waals surface area contributed by atoms with Crippen molar-refractivity contribution in [2.45, 2.75) is 59.2 Å². The number of H-pyrrole nitrogens is 1. The number of benzene rings is 1. The molecule has 0 spiro atoms. The quantitative estimate of drug-likeness (QED) is 0.352. The van der Waals surface area contributed by atoms with E-state index < -0.39 is 6.10 Å². The topological polar surface area (TPSA) is 132 Å². The Hall–Kier alpha value is -2.78. The van der Waals surface area contributed by atoms with Crippen LogP contribution < -0.4 is 10.9 Å². The standard InChI is InChI=1S/C21H29ClN6O3/c1-10(2)17-19-18(27-26-17)20(23-9-13-6-16(31)14(22)7-15(13)30)25-21(24-8-12(5)29)28(19)11(3)4/h6-7,10-12,29-31H,8-9H2,1-5H3,(H,26,27)(H,23,24,25). The van der Waals surface area contributed by atoms with Gasteiger partial charge in [-0.3, -0.25) is 5.10 Å². The van der Waals surface area contributed by atoms with Crippen LogP contribution in [0.25, 0.3) is 11.0 Å². The Morgan fingerprint density at radius 3 is 2.48 bits per heavy atom. The molecule has 1 aromatic carbocycles. The molecule has 3 rings (SSSR count). The Bertz CT molecular complexity index is 1150. The van der Waals surface area contributed by atoms with Gasteiger partial charge in [0.2, 0.25) is 5.62 Å². The fraction of sp³-hybridized carbons (Fsp3) is 0.476. The number of aromatic amines is 1. The van der Waals surface area contributed by atoms with Crippen LogP contribution in [0.2, 0.25) is 5.02 Å². The molecule has 2 aromatic heterocycles. The second-order valence-electron chi connectivity index (χ2n) is 8.19. The van der Waals surface area contributed by atoms with Crippen molar-refractivity contribution in [1.29, 1.82) is 0 Å². The van der Waals surface area contributed by atoms with E-state index >= 15 is 0 Å². The van der Waals surface area contributed by atoms with Crippen molar-refractivity contribution in [3.05, 3.63) is 34.0 Å². The first kappa shape index (κ1) is 22.9. The molecule has 0 saturated heterocycles. The Kier molecular flexibility index (Phi) is 6.76. The van der Waals surface area contributed by atoms with E-state index in [-0.39, 0.29) is 41.6 Å². The van der Waals surface area contributed by atoms with Gasteiger partial charge in [0.15, 0.2) is 11.3 Å². The molecule has 1 atom stereocenters. The van der Waals surface area contributed by atoms with Gasteiger partial charge in [0.05, 0.1) is 28.9 Å². The van der Waals surface area contributed by atoms with E-state index in [0.717, 1.165) is 11.2 Å². The third-order valence-corrected chi connectivity index (χ3v) is 5.15. The lowest BCUT2D eigenvalue weighted by atomic mass is 10.1. The smallest absolute Gasteiger partial charge is 0.227 e. The number of aromatic nitrogens is 4. The van der Waals surface area contributed by atoms with E-state index in [0.29, 0.717) is 22.5 Å². The Morgan fingerprint density at radius 1 is 1.16 bits per heavy atom. The maximum atomic E-state index is 10.2. The summed E-state index contributed by atoms with van der Waals surface area (Å²) in [6, 6.07) is 2.76. The Balaban J connectivity index is 2.16. The number of phenols is 2. The highest BCUT2D eigenvalue weighted by Crippen LogP contribution is 2.32. The molecule has 0 bridgehead atoms. The van der Waals surface area contributed by atoms with Crippen molar-refractivity contribution in [3.63, 3.8) is 0 Å². The number of rotatable bonds is 7. The van der Waals surface area contributed by atoms with E-state index in [2.05, 4.69) is 39.3 Å². The summed E-state index contributed by atoms with van der Waals surface area (Å²) in [7, 11) is 0. The first-order chi connectivity index (χ1) is 14.6. The van der Waals surface area contributed by atoms with Crippen molar-refractivity contribution in [3.8, 4) is 11.5 Å². The predicted molar refractivity (Wildman–Crippen MR) is 121 cm³/mol. The first-order valence-electron chi connectivity index (χ1n) is 10.2. The number of halogens is 1. The lowest BCUT2D eigenvalue weighted by Crippen LogP contribution is -2.29. The van der Waals surface area contributed by atoms with E-state index in [1.165, 1.54) is 12.1 Å². The largest absolute Gasteiger partial charge is 0.508 e. The van der Waals surface area contributed by atoms with Gasteiger partial charge in [-0.05, 0) is 32.8 Å². The zero-order valence-corrected chi connectivity index (χ0v) is 19.1. The second-order valence-corrected chi connectivity index (χ2v) is 8.60. The third kappa shape index (κ3) is 4.77. The fourth-order valence-corrected chi connectivity index (χ4v) is 3.48. The van der Waals surface area contributed by atoms with Gasteiger partial charge in [0.25, 0.3) is 0 Å². The number of hydrogen-bond donors (Lipinski definition) is 5. The van der Waals surface area contributed by atoms with Crippen LogP contribution in [0.1, 0.15) is 57.8 Å². The van der Waals surface area contributed by atoms with Gasteiger partial charge in [-0.25, -0.2) is 4.99 Å². The highest BCUT2D eigenvalue weighted by atomic mass is 35.5. The minimum absolute atomic E-state index is 0.0383. The molecular weight excluding hydrogens is 420 g/mol. The minimum atomic E-state index is -0.600. The summed E-state index contributed by atoms with van der Waals surface area (Å²) in [5.74, 6) is 0.513. The maximum Gasteiger partial charge on any atom is 0.227 e. The van der Waals surface area contributed by atoms with Crippen molar-refractivity contribution >= 4 is 28.5 Å². The molecule has 0 aliphatic rings. The van der Waals surface area contributed by atoms with Gasteiger partial charge in [0, 0.05) is 24.2 Å². The number of anilines is 1. The third-order valence-electron chi connectivity index (χ3n) is 4.85. The number of hydrogen-bond acceptors (Lipinski definition) is 7. The fourth-order valence-electron chi connectivity index (χ4n) is 3.32. The molecule has 1 unspecified atom stereocenters. The van der Waals surface area contributed by atoms with Gasteiger partial charge in [0.1, 0.15) is 11.5 Å².